The van der Waals surface area contributed by atoms with E-state index < -0.39 is 9.84 Å². The third kappa shape index (κ3) is 6.79. The number of nitrogens with zero attached hydrogens (tertiary/aromatic N) is 1. The average molecular weight is 319 g/mol. The number of likely N-dealkylation sites (tertiary alicyclic amines) is 1. The van der Waals surface area contributed by atoms with Crippen LogP contribution in [0.1, 0.15) is 26.7 Å². The van der Waals surface area contributed by atoms with Crippen molar-refractivity contribution in [3.05, 3.63) is 0 Å². The molecule has 7 nitrogen and oxygen atoms in total. The fraction of sp³-hybridized carbons (Fsp3) is 0.846. The number of urea groups is 1. The number of piperidine rings is 1. The predicted molar refractivity (Wildman–Crippen MR) is 80.7 cm³/mol. The largest absolute Gasteiger partial charge is 0.355 e. The lowest BCUT2D eigenvalue weighted by atomic mass is 9.96. The number of amides is 3. The van der Waals surface area contributed by atoms with Gasteiger partial charge >= 0.3 is 6.03 Å². The van der Waals surface area contributed by atoms with Gasteiger partial charge in [-0.3, -0.25) is 4.79 Å². The van der Waals surface area contributed by atoms with Crippen molar-refractivity contribution in [1.82, 2.24) is 15.5 Å². The van der Waals surface area contributed by atoms with E-state index in [2.05, 4.69) is 10.6 Å². The molecule has 0 unspecified atom stereocenters. The number of carbonyl (C=O) groups excluding carboxylic acids is 2. The second kappa shape index (κ2) is 7.63. The summed E-state index contributed by atoms with van der Waals surface area (Å²) in [4.78, 5) is 25.4. The summed E-state index contributed by atoms with van der Waals surface area (Å²) < 4.78 is 22.0. The van der Waals surface area contributed by atoms with Crippen LogP contribution in [0.3, 0.4) is 0 Å². The summed E-state index contributed by atoms with van der Waals surface area (Å²) >= 11 is 0. The Balaban J connectivity index is 2.32. The van der Waals surface area contributed by atoms with Crippen molar-refractivity contribution in [3.63, 3.8) is 0 Å². The number of hydrogen-bond donors (Lipinski definition) is 2. The van der Waals surface area contributed by atoms with Crippen LogP contribution in [-0.2, 0) is 14.6 Å². The molecule has 1 heterocycles. The average Bonchev–Trinajstić information content (AvgIpc) is 2.36. The van der Waals surface area contributed by atoms with E-state index in [1.54, 1.807) is 4.90 Å². The summed E-state index contributed by atoms with van der Waals surface area (Å²) in [6, 6.07) is -0.00421. The van der Waals surface area contributed by atoms with Crippen LogP contribution in [0, 0.1) is 5.92 Å². The van der Waals surface area contributed by atoms with Gasteiger partial charge in [-0.25, -0.2) is 13.2 Å². The Morgan fingerprint density at radius 3 is 2.29 bits per heavy atom. The molecule has 1 aliphatic heterocycles. The van der Waals surface area contributed by atoms with Crippen LogP contribution in [0.25, 0.3) is 0 Å². The highest BCUT2D eigenvalue weighted by Gasteiger charge is 2.27. The zero-order valence-corrected chi connectivity index (χ0v) is 13.7. The van der Waals surface area contributed by atoms with Gasteiger partial charge in [-0.1, -0.05) is 0 Å². The topological polar surface area (TPSA) is 95.6 Å². The molecule has 0 atom stereocenters. The highest BCUT2D eigenvalue weighted by molar-refractivity contribution is 7.90. The molecule has 0 radical (unpaired) electrons. The normalized spacial score (nSPS) is 16.9. The molecule has 2 N–H and O–H groups in total. The van der Waals surface area contributed by atoms with Crippen molar-refractivity contribution in [2.45, 2.75) is 32.7 Å². The monoisotopic (exact) mass is 319 g/mol. The molecule has 1 saturated heterocycles. The highest BCUT2D eigenvalue weighted by atomic mass is 32.2. The molecule has 8 heteroatoms. The van der Waals surface area contributed by atoms with Crippen molar-refractivity contribution in [2.75, 3.05) is 31.6 Å². The quantitative estimate of drug-likeness (QED) is 0.744. The summed E-state index contributed by atoms with van der Waals surface area (Å²) in [5.41, 5.74) is 0. The molecule has 0 aromatic rings. The molecule has 21 heavy (non-hydrogen) atoms. The Labute approximate surface area is 126 Å². The second-order valence-corrected chi connectivity index (χ2v) is 8.05. The van der Waals surface area contributed by atoms with E-state index in [9.17, 15) is 18.0 Å². The Morgan fingerprint density at radius 2 is 1.81 bits per heavy atom. The first-order valence-corrected chi connectivity index (χ1v) is 9.26. The van der Waals surface area contributed by atoms with Crippen LogP contribution in [0.15, 0.2) is 0 Å². The van der Waals surface area contributed by atoms with Crippen LogP contribution in [0.2, 0.25) is 0 Å². The number of hydrogen-bond acceptors (Lipinski definition) is 4. The molecule has 0 aromatic carbocycles. The van der Waals surface area contributed by atoms with Crippen molar-refractivity contribution < 1.29 is 18.0 Å². The van der Waals surface area contributed by atoms with Crippen LogP contribution in [0.5, 0.6) is 0 Å². The zero-order chi connectivity index (χ0) is 16.0. The maximum atomic E-state index is 11.9. The molecule has 0 saturated carbocycles. The summed E-state index contributed by atoms with van der Waals surface area (Å²) in [6.45, 7) is 5.04. The highest BCUT2D eigenvalue weighted by Crippen LogP contribution is 2.17. The molecule has 1 fully saturated rings. The van der Waals surface area contributed by atoms with E-state index in [1.807, 2.05) is 13.8 Å². The molecule has 3 amide bonds. The van der Waals surface area contributed by atoms with Crippen LogP contribution in [-0.4, -0.2) is 62.9 Å². The van der Waals surface area contributed by atoms with Crippen molar-refractivity contribution in [1.29, 1.82) is 0 Å². The Kier molecular flexibility index (Phi) is 6.44. The van der Waals surface area contributed by atoms with Gasteiger partial charge in [-0.15, -0.1) is 0 Å². The van der Waals surface area contributed by atoms with Gasteiger partial charge in [0.05, 0.1) is 5.75 Å². The molecule has 0 bridgehead atoms. The van der Waals surface area contributed by atoms with E-state index in [1.165, 1.54) is 0 Å². The van der Waals surface area contributed by atoms with Crippen molar-refractivity contribution in [2.24, 2.45) is 5.92 Å². The van der Waals surface area contributed by atoms with E-state index in [0.717, 1.165) is 6.26 Å². The lowest BCUT2D eigenvalue weighted by Crippen LogP contribution is -2.48. The second-order valence-electron chi connectivity index (χ2n) is 5.79. The maximum Gasteiger partial charge on any atom is 0.317 e. The van der Waals surface area contributed by atoms with Gasteiger partial charge in [0.25, 0.3) is 0 Å². The van der Waals surface area contributed by atoms with Crippen molar-refractivity contribution in [3.8, 4) is 0 Å². The minimum atomic E-state index is -3.06. The maximum absolute atomic E-state index is 11.9. The Morgan fingerprint density at radius 1 is 1.24 bits per heavy atom. The summed E-state index contributed by atoms with van der Waals surface area (Å²) in [5.74, 6) is -0.316. The first kappa shape index (κ1) is 17.7. The molecular formula is C13H25N3O4S. The van der Waals surface area contributed by atoms with Gasteiger partial charge in [0.1, 0.15) is 9.84 Å². The van der Waals surface area contributed by atoms with Crippen LogP contribution in [0.4, 0.5) is 4.79 Å². The molecule has 1 rings (SSSR count). The third-order valence-electron chi connectivity index (χ3n) is 3.34. The number of rotatable bonds is 5. The molecule has 0 spiro atoms. The minimum absolute atomic E-state index is 0.0472. The lowest BCUT2D eigenvalue weighted by Gasteiger charge is -2.31. The summed E-state index contributed by atoms with van der Waals surface area (Å²) in [5, 5.41) is 5.48. The van der Waals surface area contributed by atoms with Crippen LogP contribution < -0.4 is 10.6 Å². The fourth-order valence-corrected chi connectivity index (χ4v) is 2.66. The van der Waals surface area contributed by atoms with Gasteiger partial charge in [0, 0.05) is 37.8 Å². The van der Waals surface area contributed by atoms with E-state index in [0.29, 0.717) is 25.9 Å². The van der Waals surface area contributed by atoms with Gasteiger partial charge in [-0.05, 0) is 26.7 Å². The number of nitrogens with one attached hydrogen (secondary N) is 2. The van der Waals surface area contributed by atoms with Crippen molar-refractivity contribution >= 4 is 21.8 Å². The predicted octanol–water partition coefficient (Wildman–Crippen LogP) is -0.0228. The molecule has 0 aliphatic carbocycles. The van der Waals surface area contributed by atoms with Gasteiger partial charge in [0.15, 0.2) is 0 Å². The lowest BCUT2D eigenvalue weighted by molar-refractivity contribution is -0.126. The van der Waals surface area contributed by atoms with Gasteiger partial charge in [-0.2, -0.15) is 0 Å². The zero-order valence-electron chi connectivity index (χ0n) is 12.9. The third-order valence-corrected chi connectivity index (χ3v) is 4.28. The van der Waals surface area contributed by atoms with E-state index >= 15 is 0 Å². The van der Waals surface area contributed by atoms with Gasteiger partial charge < -0.3 is 15.5 Å². The molecule has 0 aromatic heterocycles. The van der Waals surface area contributed by atoms with E-state index in [4.69, 9.17) is 0 Å². The minimum Gasteiger partial charge on any atom is -0.355 e. The Bertz CT molecular complexity index is 468. The molecule has 122 valence electrons. The number of carbonyl (C=O) groups is 2. The standard InChI is InChI=1S/C13H25N3O4S/c1-10(2)15-13(18)16-7-4-11(5-8-16)12(17)14-6-9-21(3,19)20/h10-11H,4-9H2,1-3H3,(H,14,17)(H,15,18). The van der Waals surface area contributed by atoms with Gasteiger partial charge in [0.2, 0.25) is 5.91 Å². The summed E-state index contributed by atoms with van der Waals surface area (Å²) in [6.07, 6.45) is 2.36. The molecular weight excluding hydrogens is 294 g/mol. The molecule has 1 aliphatic rings. The smallest absolute Gasteiger partial charge is 0.317 e. The number of sulfone groups is 1. The van der Waals surface area contributed by atoms with Crippen LogP contribution >= 0.6 is 0 Å². The first-order chi connectivity index (χ1) is 9.69. The fourth-order valence-electron chi connectivity index (χ4n) is 2.19. The SMILES string of the molecule is CC(C)NC(=O)N1CCC(C(=O)NCCS(C)(=O)=O)CC1. The summed E-state index contributed by atoms with van der Waals surface area (Å²) in [7, 11) is -3.06. The first-order valence-electron chi connectivity index (χ1n) is 7.20. The Hall–Kier alpha value is -1.31. The van der Waals surface area contributed by atoms with E-state index in [-0.39, 0.29) is 36.2 Å².